The summed E-state index contributed by atoms with van der Waals surface area (Å²) < 4.78 is 23.4. The largest absolute Gasteiger partial charge is 0.507 e. The van der Waals surface area contributed by atoms with Gasteiger partial charge in [-0.3, -0.25) is 38.6 Å². The number of ketones is 2. The van der Waals surface area contributed by atoms with E-state index in [0.717, 1.165) is 38.5 Å². The summed E-state index contributed by atoms with van der Waals surface area (Å²) in [5.74, 6) is -3.45. The number of hydrogen-bond acceptors (Lipinski definition) is 14. The Labute approximate surface area is 430 Å². The van der Waals surface area contributed by atoms with Gasteiger partial charge in [0.2, 0.25) is 0 Å². The Bertz CT molecular complexity index is 2380. The van der Waals surface area contributed by atoms with Gasteiger partial charge in [0.05, 0.1) is 43.5 Å². The molecule has 0 amide bonds. The van der Waals surface area contributed by atoms with Crippen LogP contribution in [0.2, 0.25) is 0 Å². The molecule has 2 N–H and O–H groups in total. The van der Waals surface area contributed by atoms with E-state index in [2.05, 4.69) is 55.4 Å². The van der Waals surface area contributed by atoms with Gasteiger partial charge in [-0.15, -0.1) is 0 Å². The van der Waals surface area contributed by atoms with E-state index in [-0.39, 0.29) is 150 Å². The van der Waals surface area contributed by atoms with Crippen LogP contribution in [0.15, 0.2) is 97.1 Å². The van der Waals surface area contributed by atoms with E-state index in [0.29, 0.717) is 11.1 Å². The molecule has 14 nitrogen and oxygen atoms in total. The standard InChI is InChI=1S/C59H74N2O12/c1-56(2)33-44(34-57(3,4)37-56)72-52(66)25-29-60(27-23-50(64)70-42-19-21-46(48(62)31-42)54(68)40-15-11-9-12-16-40)39-61(30-26-53(67)73-45-35-58(5,6)38-59(7,8)36-45)28-24-51(65)71-43-20-22-47(49(63)32-43)55(69)41-17-13-10-14-18-41/h9-22,31-32,44-45,62-63H,23-30,33-39H2,1-8H3. The van der Waals surface area contributed by atoms with Crippen LogP contribution < -0.4 is 9.47 Å². The zero-order valence-electron chi connectivity index (χ0n) is 43.9. The summed E-state index contributed by atoms with van der Waals surface area (Å²) in [6.07, 6.45) is 4.14. The molecule has 0 heterocycles. The molecule has 0 saturated heterocycles. The summed E-state index contributed by atoms with van der Waals surface area (Å²) in [5.41, 5.74) is 0.847. The lowest BCUT2D eigenvalue weighted by atomic mass is 9.64. The van der Waals surface area contributed by atoms with Crippen LogP contribution in [0.25, 0.3) is 0 Å². The van der Waals surface area contributed by atoms with Gasteiger partial charge in [0.25, 0.3) is 0 Å². The summed E-state index contributed by atoms with van der Waals surface area (Å²) in [6, 6.07) is 25.1. The topological polar surface area (TPSA) is 186 Å². The number of phenols is 2. The van der Waals surface area contributed by atoms with Crippen LogP contribution in [0, 0.1) is 21.7 Å². The first-order chi connectivity index (χ1) is 34.3. The van der Waals surface area contributed by atoms with Crippen LogP contribution in [0.1, 0.15) is 151 Å². The second-order valence-electron chi connectivity index (χ2n) is 23.1. The first-order valence-corrected chi connectivity index (χ1v) is 25.4. The van der Waals surface area contributed by atoms with Crippen molar-refractivity contribution in [1.82, 2.24) is 9.80 Å². The average molecular weight is 1000 g/mol. The molecule has 14 heteroatoms. The smallest absolute Gasteiger partial charge is 0.312 e. The molecular formula is C59H74N2O12. The molecule has 73 heavy (non-hydrogen) atoms. The van der Waals surface area contributed by atoms with E-state index in [9.17, 15) is 39.0 Å². The van der Waals surface area contributed by atoms with Gasteiger partial charge in [-0.05, 0) is 84.5 Å². The minimum atomic E-state index is -0.641. The number of hydrogen-bond donors (Lipinski definition) is 2. The molecule has 4 aromatic rings. The number of aromatic hydroxyl groups is 2. The zero-order chi connectivity index (χ0) is 53.1. The number of rotatable bonds is 22. The van der Waals surface area contributed by atoms with Crippen LogP contribution in [-0.4, -0.2) is 101 Å². The van der Waals surface area contributed by atoms with E-state index in [1.54, 1.807) is 60.7 Å². The van der Waals surface area contributed by atoms with E-state index < -0.39 is 11.9 Å². The van der Waals surface area contributed by atoms with Gasteiger partial charge in [-0.2, -0.15) is 0 Å². The molecule has 0 bridgehead atoms. The lowest BCUT2D eigenvalue weighted by molar-refractivity contribution is -0.156. The molecule has 2 aliphatic rings. The first-order valence-electron chi connectivity index (χ1n) is 25.4. The molecule has 0 aromatic heterocycles. The number of esters is 4. The van der Waals surface area contributed by atoms with Crippen molar-refractivity contribution in [2.24, 2.45) is 21.7 Å². The van der Waals surface area contributed by atoms with E-state index in [1.165, 1.54) is 36.4 Å². The van der Waals surface area contributed by atoms with Crippen LogP contribution in [0.5, 0.6) is 23.0 Å². The Morgan fingerprint density at radius 3 is 1.10 bits per heavy atom. The number of carbonyl (C=O) groups is 6. The minimum Gasteiger partial charge on any atom is -0.507 e. The maximum absolute atomic E-state index is 13.6. The Kier molecular flexibility index (Phi) is 18.5. The Balaban J connectivity index is 1.16. The summed E-state index contributed by atoms with van der Waals surface area (Å²) in [6.45, 7) is 18.1. The average Bonchev–Trinajstić information content (AvgIpc) is 3.28. The second-order valence-corrected chi connectivity index (χ2v) is 23.1. The van der Waals surface area contributed by atoms with Crippen molar-refractivity contribution < 1.29 is 57.9 Å². The molecule has 0 unspecified atom stereocenters. The monoisotopic (exact) mass is 1000 g/mol. The highest BCUT2D eigenvalue weighted by Crippen LogP contribution is 2.48. The van der Waals surface area contributed by atoms with Gasteiger partial charge in [-0.25, -0.2) is 0 Å². The highest BCUT2D eigenvalue weighted by Gasteiger charge is 2.41. The maximum atomic E-state index is 13.6. The van der Waals surface area contributed by atoms with Gasteiger partial charge in [0.1, 0.15) is 35.2 Å². The molecule has 4 aromatic carbocycles. The van der Waals surface area contributed by atoms with Gasteiger partial charge >= 0.3 is 23.9 Å². The summed E-state index contributed by atoms with van der Waals surface area (Å²) in [7, 11) is 0. The van der Waals surface area contributed by atoms with Gasteiger partial charge < -0.3 is 29.2 Å². The number of phenolic OH excluding ortho intramolecular Hbond substituents is 2. The first kappa shape index (κ1) is 55.9. The van der Waals surface area contributed by atoms with Crippen molar-refractivity contribution in [3.63, 3.8) is 0 Å². The van der Waals surface area contributed by atoms with Gasteiger partial charge in [0.15, 0.2) is 11.6 Å². The quantitative estimate of drug-likeness (QED) is 0.0328. The molecule has 392 valence electrons. The fourth-order valence-corrected chi connectivity index (χ4v) is 11.3. The third-order valence-corrected chi connectivity index (χ3v) is 13.5. The highest BCUT2D eigenvalue weighted by atomic mass is 16.6. The Hall–Kier alpha value is -6.38. The van der Waals surface area contributed by atoms with Crippen LogP contribution in [-0.2, 0) is 28.7 Å². The van der Waals surface area contributed by atoms with Crippen molar-refractivity contribution in [3.05, 3.63) is 119 Å². The predicted octanol–water partition coefficient (Wildman–Crippen LogP) is 10.5. The third kappa shape index (κ3) is 17.4. The molecule has 0 spiro atoms. The lowest BCUT2D eigenvalue weighted by Gasteiger charge is -2.44. The zero-order valence-corrected chi connectivity index (χ0v) is 43.9. The number of carbonyl (C=O) groups excluding carboxylic acids is 6. The number of nitrogens with zero attached hydrogens (tertiary/aromatic N) is 2. The van der Waals surface area contributed by atoms with Crippen molar-refractivity contribution in [1.29, 1.82) is 0 Å². The number of benzene rings is 4. The SMILES string of the molecule is CC1(C)CC(OC(=O)CCN(CCC(=O)Oc2ccc(C(=O)c3ccccc3)c(O)c2)CN(CCC(=O)Oc2ccc(C(=O)c3ccccc3)c(O)c2)CCC(=O)OC2CC(C)(C)CC(C)(C)C2)CC(C)(C)C1. The Morgan fingerprint density at radius 2 is 0.781 bits per heavy atom. The third-order valence-electron chi connectivity index (χ3n) is 13.5. The molecule has 2 fully saturated rings. The number of ether oxygens (including phenoxy) is 4. The maximum Gasteiger partial charge on any atom is 0.312 e. The second kappa shape index (κ2) is 24.1. The summed E-state index contributed by atoms with van der Waals surface area (Å²) in [4.78, 5) is 83.9. The van der Waals surface area contributed by atoms with Crippen molar-refractivity contribution in [2.45, 2.75) is 132 Å². The lowest BCUT2D eigenvalue weighted by Crippen LogP contribution is -2.43. The fourth-order valence-electron chi connectivity index (χ4n) is 11.3. The highest BCUT2D eigenvalue weighted by molar-refractivity contribution is 6.11. The molecule has 0 radical (unpaired) electrons. The van der Waals surface area contributed by atoms with E-state index in [1.807, 2.05) is 9.80 Å². The van der Waals surface area contributed by atoms with Crippen LogP contribution in [0.4, 0.5) is 0 Å². The molecular weight excluding hydrogens is 929 g/mol. The van der Waals surface area contributed by atoms with Crippen molar-refractivity contribution >= 4 is 35.4 Å². The van der Waals surface area contributed by atoms with Gasteiger partial charge in [-0.1, -0.05) is 116 Å². The van der Waals surface area contributed by atoms with E-state index >= 15 is 0 Å². The molecule has 0 atom stereocenters. The summed E-state index contributed by atoms with van der Waals surface area (Å²) in [5, 5.41) is 21.5. The van der Waals surface area contributed by atoms with Crippen LogP contribution >= 0.6 is 0 Å². The molecule has 2 saturated carbocycles. The fraction of sp³-hybridized carbons (Fsp3) is 0.492. The summed E-state index contributed by atoms with van der Waals surface area (Å²) >= 11 is 0. The molecule has 2 aliphatic carbocycles. The molecule has 6 rings (SSSR count). The van der Waals surface area contributed by atoms with Crippen LogP contribution in [0.3, 0.4) is 0 Å². The minimum absolute atomic E-state index is 0.00534. The predicted molar refractivity (Wildman–Crippen MR) is 276 cm³/mol. The van der Waals surface area contributed by atoms with Crippen molar-refractivity contribution in [2.75, 3.05) is 32.8 Å². The van der Waals surface area contributed by atoms with Crippen molar-refractivity contribution in [3.8, 4) is 23.0 Å². The molecule has 0 aliphatic heterocycles. The Morgan fingerprint density at radius 1 is 0.466 bits per heavy atom. The normalized spacial score (nSPS) is 17.1. The van der Waals surface area contributed by atoms with E-state index in [4.69, 9.17) is 18.9 Å². The van der Waals surface area contributed by atoms with Gasteiger partial charge in [0, 0.05) is 49.4 Å².